The third kappa shape index (κ3) is 2.99. The fraction of sp³-hybridized carbons (Fsp3) is 0.412. The molecule has 2 saturated heterocycles. The zero-order valence-electron chi connectivity index (χ0n) is 13.3. The number of benzene rings is 1. The Morgan fingerprint density at radius 1 is 1.08 bits per heavy atom. The van der Waals surface area contributed by atoms with E-state index in [0.717, 1.165) is 37.1 Å². The molecule has 4 rings (SSSR count). The average Bonchev–Trinajstić information content (AvgIpc) is 2.99. The van der Waals surface area contributed by atoms with Crippen LogP contribution in [0.4, 0.5) is 10.5 Å². The van der Waals surface area contributed by atoms with Crippen molar-refractivity contribution in [2.75, 3.05) is 24.5 Å². The SMILES string of the molecule is Cl.O=C1CCN(c2ccc3ccn(C4CCNCC4)c3c2)C(=O)N1. The monoisotopic (exact) mass is 348 g/mol. The fourth-order valence-electron chi connectivity index (χ4n) is 3.52. The van der Waals surface area contributed by atoms with Gasteiger partial charge in [0.05, 0.1) is 5.52 Å². The Morgan fingerprint density at radius 2 is 1.88 bits per heavy atom. The van der Waals surface area contributed by atoms with Crippen LogP contribution in [0.25, 0.3) is 10.9 Å². The molecule has 0 saturated carbocycles. The number of amides is 3. The minimum absolute atomic E-state index is 0. The number of rotatable bonds is 2. The van der Waals surface area contributed by atoms with Gasteiger partial charge in [-0.15, -0.1) is 12.4 Å². The van der Waals surface area contributed by atoms with E-state index in [1.165, 1.54) is 5.39 Å². The molecule has 128 valence electrons. The van der Waals surface area contributed by atoms with Crippen LogP contribution in [0.5, 0.6) is 0 Å². The third-order valence-electron chi connectivity index (χ3n) is 4.77. The summed E-state index contributed by atoms with van der Waals surface area (Å²) in [5.41, 5.74) is 2.00. The number of nitrogens with zero attached hydrogens (tertiary/aromatic N) is 2. The zero-order valence-corrected chi connectivity index (χ0v) is 14.1. The van der Waals surface area contributed by atoms with Crippen LogP contribution in [0, 0.1) is 0 Å². The van der Waals surface area contributed by atoms with E-state index >= 15 is 0 Å². The summed E-state index contributed by atoms with van der Waals surface area (Å²) in [7, 11) is 0. The Kier molecular flexibility index (Phi) is 4.78. The van der Waals surface area contributed by atoms with Gasteiger partial charge in [-0.1, -0.05) is 6.07 Å². The first kappa shape index (κ1) is 16.8. The van der Waals surface area contributed by atoms with Crippen molar-refractivity contribution >= 4 is 40.9 Å². The van der Waals surface area contributed by atoms with E-state index in [-0.39, 0.29) is 24.3 Å². The largest absolute Gasteiger partial charge is 0.344 e. The molecule has 1 aromatic carbocycles. The van der Waals surface area contributed by atoms with Gasteiger partial charge in [-0.2, -0.15) is 0 Å². The highest BCUT2D eigenvalue weighted by Gasteiger charge is 2.25. The minimum Gasteiger partial charge on any atom is -0.344 e. The van der Waals surface area contributed by atoms with Crippen molar-refractivity contribution in [2.24, 2.45) is 0 Å². The number of nitrogens with one attached hydrogen (secondary N) is 2. The van der Waals surface area contributed by atoms with Crippen molar-refractivity contribution in [3.05, 3.63) is 30.5 Å². The summed E-state index contributed by atoms with van der Waals surface area (Å²) in [5, 5.41) is 6.95. The Bertz CT molecular complexity index is 767. The van der Waals surface area contributed by atoms with Crippen LogP contribution in [-0.2, 0) is 4.79 Å². The second-order valence-corrected chi connectivity index (χ2v) is 6.20. The molecule has 0 atom stereocenters. The average molecular weight is 349 g/mol. The maximum absolute atomic E-state index is 12.0. The molecule has 0 aliphatic carbocycles. The molecule has 0 radical (unpaired) electrons. The highest BCUT2D eigenvalue weighted by molar-refractivity contribution is 6.06. The standard InChI is InChI=1S/C17H20N4O2.ClH/c22-16-6-10-21(17(23)19-16)14-2-1-12-5-9-20(15(12)11-14)13-3-7-18-8-4-13;/h1-2,5,9,11,13,18H,3-4,6-8,10H2,(H,19,22,23);1H. The fourth-order valence-corrected chi connectivity index (χ4v) is 3.52. The van der Waals surface area contributed by atoms with Crippen molar-refractivity contribution in [3.63, 3.8) is 0 Å². The van der Waals surface area contributed by atoms with E-state index in [4.69, 9.17) is 0 Å². The van der Waals surface area contributed by atoms with Crippen LogP contribution in [0.1, 0.15) is 25.3 Å². The maximum Gasteiger partial charge on any atom is 0.328 e. The third-order valence-corrected chi connectivity index (χ3v) is 4.77. The van der Waals surface area contributed by atoms with Crippen molar-refractivity contribution in [1.82, 2.24) is 15.2 Å². The number of carbonyl (C=O) groups excluding carboxylic acids is 2. The summed E-state index contributed by atoms with van der Waals surface area (Å²) in [6.07, 6.45) is 4.72. The van der Waals surface area contributed by atoms with Gasteiger partial charge >= 0.3 is 6.03 Å². The van der Waals surface area contributed by atoms with Crippen LogP contribution in [0.2, 0.25) is 0 Å². The van der Waals surface area contributed by atoms with Crippen LogP contribution in [0.3, 0.4) is 0 Å². The van der Waals surface area contributed by atoms with Gasteiger partial charge in [-0.3, -0.25) is 15.0 Å². The normalized spacial score (nSPS) is 19.2. The Morgan fingerprint density at radius 3 is 2.62 bits per heavy atom. The number of hydrogen-bond donors (Lipinski definition) is 2. The summed E-state index contributed by atoms with van der Waals surface area (Å²) in [6, 6.07) is 8.35. The van der Waals surface area contributed by atoms with Crippen LogP contribution in [0.15, 0.2) is 30.5 Å². The van der Waals surface area contributed by atoms with Gasteiger partial charge in [0.1, 0.15) is 0 Å². The molecular weight excluding hydrogens is 328 g/mol. The molecule has 3 heterocycles. The van der Waals surface area contributed by atoms with Gasteiger partial charge < -0.3 is 9.88 Å². The van der Waals surface area contributed by atoms with Gasteiger partial charge in [0, 0.05) is 30.9 Å². The molecule has 3 amide bonds. The maximum atomic E-state index is 12.0. The van der Waals surface area contributed by atoms with Gasteiger partial charge in [0.2, 0.25) is 5.91 Å². The molecule has 24 heavy (non-hydrogen) atoms. The van der Waals surface area contributed by atoms with Crippen LogP contribution in [-0.4, -0.2) is 36.1 Å². The summed E-state index contributed by atoms with van der Waals surface area (Å²) in [6.45, 7) is 2.52. The highest BCUT2D eigenvalue weighted by Crippen LogP contribution is 2.29. The predicted molar refractivity (Wildman–Crippen MR) is 95.8 cm³/mol. The lowest BCUT2D eigenvalue weighted by Crippen LogP contribution is -2.49. The lowest BCUT2D eigenvalue weighted by atomic mass is 10.1. The molecule has 1 aromatic heterocycles. The number of aromatic nitrogens is 1. The number of anilines is 1. The van der Waals surface area contributed by atoms with Crippen molar-refractivity contribution in [3.8, 4) is 0 Å². The predicted octanol–water partition coefficient (Wildman–Crippen LogP) is 2.43. The molecule has 0 unspecified atom stereocenters. The second kappa shape index (κ2) is 6.83. The molecular formula is C17H21ClN4O2. The summed E-state index contributed by atoms with van der Waals surface area (Å²) >= 11 is 0. The smallest absolute Gasteiger partial charge is 0.328 e. The first-order valence-electron chi connectivity index (χ1n) is 8.15. The number of carbonyl (C=O) groups is 2. The van der Waals surface area contributed by atoms with Crippen molar-refractivity contribution in [2.45, 2.75) is 25.3 Å². The quantitative estimate of drug-likeness (QED) is 0.876. The number of halogens is 1. The van der Waals surface area contributed by atoms with E-state index < -0.39 is 0 Å². The first-order valence-corrected chi connectivity index (χ1v) is 8.15. The number of imide groups is 1. The Balaban J connectivity index is 0.00000169. The van der Waals surface area contributed by atoms with Gasteiger partial charge in [0.15, 0.2) is 0 Å². The lowest BCUT2D eigenvalue weighted by molar-refractivity contribution is -0.120. The number of fused-ring (bicyclic) bond motifs is 1. The first-order chi connectivity index (χ1) is 11.2. The Labute approximate surface area is 146 Å². The van der Waals surface area contributed by atoms with E-state index in [0.29, 0.717) is 19.0 Å². The van der Waals surface area contributed by atoms with Crippen LogP contribution < -0.4 is 15.5 Å². The molecule has 2 aliphatic heterocycles. The molecule has 2 N–H and O–H groups in total. The van der Waals surface area contributed by atoms with E-state index in [2.05, 4.69) is 33.5 Å². The molecule has 2 aliphatic rings. The number of hydrogen-bond acceptors (Lipinski definition) is 3. The van der Waals surface area contributed by atoms with E-state index in [1.807, 2.05) is 12.1 Å². The van der Waals surface area contributed by atoms with Crippen molar-refractivity contribution < 1.29 is 9.59 Å². The van der Waals surface area contributed by atoms with Crippen LogP contribution >= 0.6 is 12.4 Å². The minimum atomic E-state index is -0.333. The van der Waals surface area contributed by atoms with Gasteiger partial charge in [-0.25, -0.2) is 4.79 Å². The highest BCUT2D eigenvalue weighted by atomic mass is 35.5. The molecule has 6 nitrogen and oxygen atoms in total. The summed E-state index contributed by atoms with van der Waals surface area (Å²) < 4.78 is 2.33. The van der Waals surface area contributed by atoms with E-state index in [1.54, 1.807) is 4.90 Å². The van der Waals surface area contributed by atoms with Crippen molar-refractivity contribution in [1.29, 1.82) is 0 Å². The number of piperidine rings is 1. The zero-order chi connectivity index (χ0) is 15.8. The van der Waals surface area contributed by atoms with E-state index in [9.17, 15) is 9.59 Å². The second-order valence-electron chi connectivity index (χ2n) is 6.20. The lowest BCUT2D eigenvalue weighted by Gasteiger charge is -2.28. The Hall–Kier alpha value is -2.05. The molecule has 0 bridgehead atoms. The van der Waals surface area contributed by atoms with Gasteiger partial charge in [0.25, 0.3) is 0 Å². The topological polar surface area (TPSA) is 66.4 Å². The summed E-state index contributed by atoms with van der Waals surface area (Å²) in [5.74, 6) is -0.203. The summed E-state index contributed by atoms with van der Waals surface area (Å²) in [4.78, 5) is 25.0. The number of urea groups is 1. The molecule has 2 aromatic rings. The molecule has 7 heteroatoms. The molecule has 0 spiro atoms. The molecule has 2 fully saturated rings. The van der Waals surface area contributed by atoms with Gasteiger partial charge in [-0.05, 0) is 49.5 Å².